The summed E-state index contributed by atoms with van der Waals surface area (Å²) in [7, 11) is 0. The molecule has 31 heavy (non-hydrogen) atoms. The zero-order valence-electron chi connectivity index (χ0n) is 18.3. The number of ether oxygens (including phenoxy) is 4. The van der Waals surface area contributed by atoms with E-state index < -0.39 is 60.8 Å². The van der Waals surface area contributed by atoms with Crippen molar-refractivity contribution in [2.75, 3.05) is 6.61 Å². The van der Waals surface area contributed by atoms with Crippen LogP contribution in [0.25, 0.3) is 0 Å². The van der Waals surface area contributed by atoms with Gasteiger partial charge in [0.25, 0.3) is 0 Å². The fraction of sp³-hybridized carbons (Fsp3) is 0.857. The number of cyclic esters (lactones) is 1. The summed E-state index contributed by atoms with van der Waals surface area (Å²) < 4.78 is 21.4. The molecule has 0 radical (unpaired) electrons. The zero-order chi connectivity index (χ0) is 23.0. The largest absolute Gasteiger partial charge is 0.463 e. The van der Waals surface area contributed by atoms with Gasteiger partial charge >= 0.3 is 23.7 Å². The van der Waals surface area contributed by atoms with Crippen LogP contribution in [-0.2, 0) is 33.3 Å². The van der Waals surface area contributed by atoms with Gasteiger partial charge in [0.1, 0.15) is 18.8 Å². The van der Waals surface area contributed by atoms with Crippen LogP contribution in [0, 0.1) is 0 Å². The first kappa shape index (κ1) is 25.5. The third-order valence-corrected chi connectivity index (χ3v) is 5.55. The van der Waals surface area contributed by atoms with Crippen LogP contribution in [0.2, 0.25) is 0 Å². The maximum Gasteiger partial charge on any atom is 0.380 e. The zero-order valence-corrected chi connectivity index (χ0v) is 18.3. The second kappa shape index (κ2) is 11.8. The number of carbonyl (C=O) groups excluding carboxylic acids is 3. The molecule has 4 N–H and O–H groups in total. The third kappa shape index (κ3) is 6.61. The molecule has 0 saturated carbocycles. The van der Waals surface area contributed by atoms with Crippen molar-refractivity contribution in [3.8, 4) is 0 Å². The lowest BCUT2D eigenvalue weighted by Crippen LogP contribution is -2.71. The van der Waals surface area contributed by atoms with Gasteiger partial charge in [0, 0.05) is 12.8 Å². The Labute approximate surface area is 182 Å². The Kier molecular flexibility index (Phi) is 9.67. The number of unbranched alkanes of at least 4 members (excludes halogenated alkanes) is 4. The monoisotopic (exact) mass is 445 g/mol. The summed E-state index contributed by atoms with van der Waals surface area (Å²) in [6.07, 6.45) is -0.248. The van der Waals surface area contributed by atoms with Gasteiger partial charge < -0.3 is 34.9 Å². The topological polar surface area (TPSA) is 155 Å². The maximum absolute atomic E-state index is 12.7. The Morgan fingerprint density at radius 1 is 1.16 bits per heavy atom. The van der Waals surface area contributed by atoms with Crippen LogP contribution in [0.15, 0.2) is 0 Å². The molecule has 0 aliphatic carbocycles. The molecule has 2 fully saturated rings. The number of fused-ring (bicyclic) bond motifs is 2. The predicted molar refractivity (Wildman–Crippen MR) is 107 cm³/mol. The number of hydrogen-bond acceptors (Lipinski definition) is 10. The van der Waals surface area contributed by atoms with E-state index >= 15 is 0 Å². The standard InChI is InChI=1S/C21H35NO9/c1-3-5-7-9-15(25)28-12-14(24)18-19-17(22)13(23)11-21(31-19,20(27)29-18)30-16(26)10-8-6-4-2/h13-14,17-19,23-24H,3-12,22H2,1-2H3/t13-,14+,17+,18+,19-,21-/m0/s1. The molecule has 2 saturated heterocycles. The van der Waals surface area contributed by atoms with Crippen molar-refractivity contribution < 1.29 is 43.5 Å². The molecule has 178 valence electrons. The summed E-state index contributed by atoms with van der Waals surface area (Å²) in [6.45, 7) is 3.58. The van der Waals surface area contributed by atoms with Crippen molar-refractivity contribution in [1.29, 1.82) is 0 Å². The number of carbonyl (C=O) groups is 3. The quantitative estimate of drug-likeness (QED) is 0.222. The van der Waals surface area contributed by atoms with Gasteiger partial charge in [-0.25, -0.2) is 4.79 Å². The van der Waals surface area contributed by atoms with Gasteiger partial charge in [-0.1, -0.05) is 39.5 Å². The van der Waals surface area contributed by atoms with Gasteiger partial charge in [-0.15, -0.1) is 0 Å². The normalized spacial score (nSPS) is 30.9. The van der Waals surface area contributed by atoms with E-state index in [1.165, 1.54) is 0 Å². The number of hydrogen-bond donors (Lipinski definition) is 3. The second-order valence-corrected chi connectivity index (χ2v) is 8.19. The van der Waals surface area contributed by atoms with E-state index in [0.717, 1.165) is 25.7 Å². The van der Waals surface area contributed by atoms with Gasteiger partial charge in [0.2, 0.25) is 0 Å². The number of rotatable bonds is 12. The summed E-state index contributed by atoms with van der Waals surface area (Å²) in [4.78, 5) is 36.6. The predicted octanol–water partition coefficient (Wildman–Crippen LogP) is 0.693. The molecule has 0 aromatic rings. The molecule has 10 heteroatoms. The Hall–Kier alpha value is -1.75. The van der Waals surface area contributed by atoms with Crippen LogP contribution in [0.4, 0.5) is 0 Å². The molecule has 2 rings (SSSR count). The first-order chi connectivity index (χ1) is 14.7. The van der Waals surface area contributed by atoms with Crippen molar-refractivity contribution in [2.45, 2.75) is 108 Å². The smallest absolute Gasteiger partial charge is 0.380 e. The summed E-state index contributed by atoms with van der Waals surface area (Å²) in [5, 5.41) is 20.8. The fourth-order valence-corrected chi connectivity index (χ4v) is 3.70. The lowest BCUT2D eigenvalue weighted by molar-refractivity contribution is -0.332. The van der Waals surface area contributed by atoms with Crippen LogP contribution < -0.4 is 5.73 Å². The van der Waals surface area contributed by atoms with E-state index in [9.17, 15) is 24.6 Å². The minimum Gasteiger partial charge on any atom is -0.463 e. The van der Waals surface area contributed by atoms with Gasteiger partial charge in [0.15, 0.2) is 6.10 Å². The Bertz CT molecular complexity index is 628. The van der Waals surface area contributed by atoms with Gasteiger partial charge in [-0.2, -0.15) is 0 Å². The average Bonchev–Trinajstić information content (AvgIpc) is 2.72. The van der Waals surface area contributed by atoms with Crippen LogP contribution in [-0.4, -0.2) is 71.0 Å². The molecule has 0 unspecified atom stereocenters. The van der Waals surface area contributed by atoms with Crippen LogP contribution in [0.5, 0.6) is 0 Å². The number of esters is 3. The van der Waals surface area contributed by atoms with E-state index in [1.54, 1.807) is 0 Å². The van der Waals surface area contributed by atoms with Crippen molar-refractivity contribution in [1.82, 2.24) is 0 Å². The summed E-state index contributed by atoms with van der Waals surface area (Å²) >= 11 is 0. The summed E-state index contributed by atoms with van der Waals surface area (Å²) in [5.41, 5.74) is 6.00. The second-order valence-electron chi connectivity index (χ2n) is 8.19. The third-order valence-electron chi connectivity index (χ3n) is 5.55. The summed E-state index contributed by atoms with van der Waals surface area (Å²) in [6, 6.07) is -1.00. The maximum atomic E-state index is 12.7. The van der Waals surface area contributed by atoms with E-state index in [4.69, 9.17) is 24.7 Å². The molecule has 0 amide bonds. The lowest BCUT2D eigenvalue weighted by atomic mass is 9.87. The van der Waals surface area contributed by atoms with Crippen molar-refractivity contribution in [3.63, 3.8) is 0 Å². The molecule has 6 atom stereocenters. The highest BCUT2D eigenvalue weighted by atomic mass is 16.8. The van der Waals surface area contributed by atoms with Gasteiger partial charge in [-0.3, -0.25) is 9.59 Å². The molecule has 2 aliphatic heterocycles. The highest BCUT2D eigenvalue weighted by Gasteiger charge is 2.62. The fourth-order valence-electron chi connectivity index (χ4n) is 3.70. The number of aliphatic hydroxyl groups excluding tert-OH is 2. The first-order valence-corrected chi connectivity index (χ1v) is 11.1. The minimum absolute atomic E-state index is 0.0963. The Balaban J connectivity index is 2.01. The molecule has 2 heterocycles. The molecular formula is C21H35NO9. The van der Waals surface area contributed by atoms with Crippen LogP contribution in [0.1, 0.15) is 71.6 Å². The van der Waals surface area contributed by atoms with Crippen molar-refractivity contribution in [2.24, 2.45) is 5.73 Å². The van der Waals surface area contributed by atoms with Gasteiger partial charge in [-0.05, 0) is 12.8 Å². The Morgan fingerprint density at radius 3 is 2.39 bits per heavy atom. The molecule has 2 bridgehead atoms. The first-order valence-electron chi connectivity index (χ1n) is 11.1. The SMILES string of the molecule is CCCCCC(=O)OC[C@@H](O)[C@H]1OC(=O)[C@]2(OC(=O)CCCCC)C[C@H](O)[C@@H](N)[C@@H]1O2. The van der Waals surface area contributed by atoms with E-state index in [1.807, 2.05) is 13.8 Å². The molecular weight excluding hydrogens is 410 g/mol. The molecule has 2 aliphatic rings. The highest BCUT2D eigenvalue weighted by molar-refractivity contribution is 5.83. The van der Waals surface area contributed by atoms with E-state index in [2.05, 4.69) is 0 Å². The lowest BCUT2D eigenvalue weighted by Gasteiger charge is -2.50. The average molecular weight is 446 g/mol. The van der Waals surface area contributed by atoms with Gasteiger partial charge in [0.05, 0.1) is 18.6 Å². The molecule has 0 aromatic carbocycles. The van der Waals surface area contributed by atoms with E-state index in [0.29, 0.717) is 12.8 Å². The number of aliphatic hydroxyl groups is 2. The van der Waals surface area contributed by atoms with E-state index in [-0.39, 0.29) is 19.3 Å². The molecule has 0 aromatic heterocycles. The van der Waals surface area contributed by atoms with Crippen molar-refractivity contribution in [3.05, 3.63) is 0 Å². The Morgan fingerprint density at radius 2 is 1.77 bits per heavy atom. The minimum atomic E-state index is -2.10. The van der Waals surface area contributed by atoms with Crippen molar-refractivity contribution >= 4 is 17.9 Å². The molecule has 10 nitrogen and oxygen atoms in total. The molecule has 0 spiro atoms. The van der Waals surface area contributed by atoms with Crippen LogP contribution in [0.3, 0.4) is 0 Å². The number of nitrogens with two attached hydrogens (primary N) is 1. The summed E-state index contributed by atoms with van der Waals surface area (Å²) in [5.74, 6) is -4.25. The van der Waals surface area contributed by atoms with Crippen LogP contribution >= 0.6 is 0 Å². The highest BCUT2D eigenvalue weighted by Crippen LogP contribution is 2.39.